The summed E-state index contributed by atoms with van der Waals surface area (Å²) in [6.45, 7) is 5.60. The first-order valence-electron chi connectivity index (χ1n) is 9.10. The lowest BCUT2D eigenvalue weighted by Crippen LogP contribution is -2.37. The van der Waals surface area contributed by atoms with Crippen LogP contribution in [0.3, 0.4) is 0 Å². The number of ether oxygens (including phenoxy) is 2. The van der Waals surface area contributed by atoms with Gasteiger partial charge in [-0.25, -0.2) is 0 Å². The van der Waals surface area contributed by atoms with Gasteiger partial charge >= 0.3 is 0 Å². The van der Waals surface area contributed by atoms with Gasteiger partial charge in [0.05, 0.1) is 0 Å². The molecule has 2 rings (SSSR count). The molecule has 2 aromatic rings. The van der Waals surface area contributed by atoms with Gasteiger partial charge in [0.2, 0.25) is 0 Å². The highest BCUT2D eigenvalue weighted by Crippen LogP contribution is 2.14. The molecule has 0 fully saturated rings. The van der Waals surface area contributed by atoms with Gasteiger partial charge in [-0.3, -0.25) is 4.99 Å². The fraction of sp³-hybridized carbons (Fsp3) is 0.381. The van der Waals surface area contributed by atoms with Crippen molar-refractivity contribution in [2.75, 3.05) is 26.8 Å². The summed E-state index contributed by atoms with van der Waals surface area (Å²) in [4.78, 5) is 4.27. The SMILES string of the molecule is CCOCCCNC(=NC)NCc1ccccc1COc1ccccc1.I. The molecule has 0 atom stereocenters. The molecule has 0 radical (unpaired) electrons. The molecule has 0 unspecified atom stereocenters. The van der Waals surface area contributed by atoms with E-state index in [0.717, 1.165) is 43.5 Å². The van der Waals surface area contributed by atoms with Crippen LogP contribution in [0.1, 0.15) is 24.5 Å². The quantitative estimate of drug-likeness (QED) is 0.233. The number of nitrogens with one attached hydrogen (secondary N) is 2. The number of rotatable bonds is 10. The van der Waals surface area contributed by atoms with Crippen molar-refractivity contribution in [2.24, 2.45) is 4.99 Å². The highest BCUT2D eigenvalue weighted by Gasteiger charge is 2.04. The van der Waals surface area contributed by atoms with Crippen molar-refractivity contribution in [1.29, 1.82) is 0 Å². The van der Waals surface area contributed by atoms with E-state index in [0.29, 0.717) is 13.2 Å². The molecule has 0 aliphatic rings. The fourth-order valence-electron chi connectivity index (χ4n) is 2.47. The summed E-state index contributed by atoms with van der Waals surface area (Å²) < 4.78 is 11.2. The van der Waals surface area contributed by atoms with Gasteiger partial charge in [-0.15, -0.1) is 24.0 Å². The van der Waals surface area contributed by atoms with Gasteiger partial charge < -0.3 is 20.1 Å². The van der Waals surface area contributed by atoms with Gasteiger partial charge in [0.25, 0.3) is 0 Å². The maximum absolute atomic E-state index is 5.88. The van der Waals surface area contributed by atoms with Crippen molar-refractivity contribution >= 4 is 29.9 Å². The normalized spacial score (nSPS) is 10.8. The summed E-state index contributed by atoms with van der Waals surface area (Å²) in [7, 11) is 1.78. The highest BCUT2D eigenvalue weighted by atomic mass is 127. The Kier molecular flexibility index (Phi) is 12.3. The average Bonchev–Trinajstić information content (AvgIpc) is 2.70. The molecule has 0 saturated carbocycles. The average molecular weight is 483 g/mol. The Morgan fingerprint density at radius 1 is 0.963 bits per heavy atom. The van der Waals surface area contributed by atoms with E-state index >= 15 is 0 Å². The molecule has 0 spiro atoms. The summed E-state index contributed by atoms with van der Waals surface area (Å²) in [6.07, 6.45) is 0.954. The van der Waals surface area contributed by atoms with Crippen LogP contribution in [-0.4, -0.2) is 32.8 Å². The van der Waals surface area contributed by atoms with Crippen molar-refractivity contribution in [3.05, 3.63) is 65.7 Å². The van der Waals surface area contributed by atoms with Crippen molar-refractivity contribution in [3.8, 4) is 5.75 Å². The molecule has 0 aromatic heterocycles. The van der Waals surface area contributed by atoms with Crippen molar-refractivity contribution in [2.45, 2.75) is 26.5 Å². The first kappa shape index (κ1) is 23.2. The number of para-hydroxylation sites is 1. The standard InChI is InChI=1S/C21H29N3O2.HI/c1-3-25-15-9-14-23-21(22-2)24-16-18-10-7-8-11-19(18)17-26-20-12-5-4-6-13-20;/h4-8,10-13H,3,9,14-17H2,1-2H3,(H2,22,23,24);1H. The number of nitrogens with zero attached hydrogens (tertiary/aromatic N) is 1. The zero-order valence-corrected chi connectivity index (χ0v) is 18.4. The molecule has 0 aliphatic heterocycles. The Hall–Kier alpha value is -1.80. The third-order valence-corrected chi connectivity index (χ3v) is 3.89. The molecular formula is C21H30IN3O2. The number of hydrogen-bond acceptors (Lipinski definition) is 3. The van der Waals surface area contributed by atoms with Crippen LogP contribution in [0.5, 0.6) is 5.75 Å². The van der Waals surface area contributed by atoms with Crippen LogP contribution >= 0.6 is 24.0 Å². The summed E-state index contributed by atoms with van der Waals surface area (Å²) in [5, 5.41) is 6.66. The Balaban J connectivity index is 0.00000364. The van der Waals surface area contributed by atoms with Gasteiger partial charge in [-0.1, -0.05) is 42.5 Å². The molecule has 0 saturated heterocycles. The summed E-state index contributed by atoms with van der Waals surface area (Å²) >= 11 is 0. The van der Waals surface area contributed by atoms with E-state index in [9.17, 15) is 0 Å². The monoisotopic (exact) mass is 483 g/mol. The lowest BCUT2D eigenvalue weighted by molar-refractivity contribution is 0.145. The molecule has 5 nitrogen and oxygen atoms in total. The molecule has 0 bridgehead atoms. The van der Waals surface area contributed by atoms with Gasteiger partial charge in [0.15, 0.2) is 5.96 Å². The zero-order valence-electron chi connectivity index (χ0n) is 16.1. The van der Waals surface area contributed by atoms with Crippen LogP contribution in [0.25, 0.3) is 0 Å². The van der Waals surface area contributed by atoms with Gasteiger partial charge in [-0.2, -0.15) is 0 Å². The molecule has 0 heterocycles. The fourth-order valence-corrected chi connectivity index (χ4v) is 2.47. The van der Waals surface area contributed by atoms with Crippen LogP contribution < -0.4 is 15.4 Å². The Morgan fingerprint density at radius 3 is 2.37 bits per heavy atom. The minimum atomic E-state index is 0. The van der Waals surface area contributed by atoms with E-state index in [1.54, 1.807) is 7.05 Å². The number of aliphatic imine (C=N–C) groups is 1. The molecule has 2 N–H and O–H groups in total. The maximum atomic E-state index is 5.88. The summed E-state index contributed by atoms with van der Waals surface area (Å²) in [6, 6.07) is 18.2. The lowest BCUT2D eigenvalue weighted by Gasteiger charge is -2.15. The van der Waals surface area contributed by atoms with Crippen LogP contribution in [-0.2, 0) is 17.9 Å². The van der Waals surface area contributed by atoms with E-state index in [-0.39, 0.29) is 24.0 Å². The molecule has 0 aliphatic carbocycles. The third kappa shape index (κ3) is 9.10. The summed E-state index contributed by atoms with van der Waals surface area (Å²) in [5.41, 5.74) is 2.36. The number of guanidine groups is 1. The van der Waals surface area contributed by atoms with Crippen molar-refractivity contribution in [3.63, 3.8) is 0 Å². The Morgan fingerprint density at radius 2 is 1.67 bits per heavy atom. The van der Waals surface area contributed by atoms with Crippen LogP contribution in [0, 0.1) is 0 Å². The molecule has 0 amide bonds. The minimum Gasteiger partial charge on any atom is -0.489 e. The zero-order chi connectivity index (χ0) is 18.5. The third-order valence-electron chi connectivity index (χ3n) is 3.89. The van der Waals surface area contributed by atoms with E-state index < -0.39 is 0 Å². The number of hydrogen-bond donors (Lipinski definition) is 2. The Bertz CT molecular complexity index is 665. The molecule has 6 heteroatoms. The number of halogens is 1. The van der Waals surface area contributed by atoms with Gasteiger partial charge in [0.1, 0.15) is 12.4 Å². The van der Waals surface area contributed by atoms with E-state index in [2.05, 4.69) is 27.8 Å². The predicted molar refractivity (Wildman–Crippen MR) is 122 cm³/mol. The van der Waals surface area contributed by atoms with Crippen LogP contribution in [0.15, 0.2) is 59.6 Å². The minimum absolute atomic E-state index is 0. The van der Waals surface area contributed by atoms with Crippen molar-refractivity contribution < 1.29 is 9.47 Å². The van der Waals surface area contributed by atoms with Gasteiger partial charge in [0, 0.05) is 33.4 Å². The van der Waals surface area contributed by atoms with Gasteiger partial charge in [-0.05, 0) is 36.6 Å². The van der Waals surface area contributed by atoms with Crippen LogP contribution in [0.2, 0.25) is 0 Å². The topological polar surface area (TPSA) is 54.9 Å². The lowest BCUT2D eigenvalue weighted by atomic mass is 10.1. The summed E-state index contributed by atoms with van der Waals surface area (Å²) in [5.74, 6) is 1.67. The second-order valence-electron chi connectivity index (χ2n) is 5.77. The molecular weight excluding hydrogens is 453 g/mol. The highest BCUT2D eigenvalue weighted by molar-refractivity contribution is 14.0. The first-order valence-corrected chi connectivity index (χ1v) is 9.10. The molecule has 2 aromatic carbocycles. The van der Waals surface area contributed by atoms with E-state index in [4.69, 9.17) is 9.47 Å². The van der Waals surface area contributed by atoms with E-state index in [1.165, 1.54) is 5.56 Å². The molecule has 27 heavy (non-hydrogen) atoms. The second kappa shape index (κ2) is 14.3. The van der Waals surface area contributed by atoms with Crippen molar-refractivity contribution in [1.82, 2.24) is 10.6 Å². The largest absolute Gasteiger partial charge is 0.489 e. The number of benzene rings is 2. The first-order chi connectivity index (χ1) is 12.8. The molecule has 148 valence electrons. The Labute approximate surface area is 179 Å². The second-order valence-corrected chi connectivity index (χ2v) is 5.77. The smallest absolute Gasteiger partial charge is 0.191 e. The predicted octanol–water partition coefficient (Wildman–Crippen LogP) is 3.98. The van der Waals surface area contributed by atoms with Crippen LogP contribution in [0.4, 0.5) is 0 Å². The van der Waals surface area contributed by atoms with E-state index in [1.807, 2.05) is 49.4 Å². The maximum Gasteiger partial charge on any atom is 0.191 e.